The van der Waals surface area contributed by atoms with Crippen molar-refractivity contribution < 1.29 is 4.63 Å². The highest BCUT2D eigenvalue weighted by Crippen LogP contribution is 2.09. The van der Waals surface area contributed by atoms with Gasteiger partial charge in [0, 0.05) is 5.56 Å². The Morgan fingerprint density at radius 1 is 1.27 bits per heavy atom. The van der Waals surface area contributed by atoms with Crippen LogP contribution in [0.2, 0.25) is 0 Å². The van der Waals surface area contributed by atoms with Crippen LogP contribution in [0.15, 0.2) is 22.8 Å². The molecule has 0 atom stereocenters. The van der Waals surface area contributed by atoms with Gasteiger partial charge in [-0.25, -0.2) is 4.63 Å². The van der Waals surface area contributed by atoms with E-state index in [-0.39, 0.29) is 0 Å². The molecule has 0 radical (unpaired) electrons. The first-order valence-electron chi connectivity index (χ1n) is 3.09. The van der Waals surface area contributed by atoms with Crippen molar-refractivity contribution in [1.29, 1.82) is 0 Å². The molecule has 1 heterocycles. The average molecular weight is 144 g/mol. The lowest BCUT2D eigenvalue weighted by Crippen LogP contribution is -1.73. The first-order valence-corrected chi connectivity index (χ1v) is 3.09. The summed E-state index contributed by atoms with van der Waals surface area (Å²) >= 11 is 0. The maximum atomic E-state index is 5.18. The van der Waals surface area contributed by atoms with Crippen molar-refractivity contribution in [3.8, 4) is 12.3 Å². The first-order chi connectivity index (χ1) is 5.40. The Labute approximate surface area is 63.0 Å². The van der Waals surface area contributed by atoms with Gasteiger partial charge in [0.1, 0.15) is 11.0 Å². The molecule has 0 fully saturated rings. The van der Waals surface area contributed by atoms with E-state index in [1.165, 1.54) is 0 Å². The number of benzene rings is 1. The molecule has 0 spiro atoms. The smallest absolute Gasteiger partial charge is 0.136 e. The lowest BCUT2D eigenvalue weighted by atomic mass is 10.2. The summed E-state index contributed by atoms with van der Waals surface area (Å²) in [6.07, 6.45) is 5.18. The van der Waals surface area contributed by atoms with Gasteiger partial charge in [-0.05, 0) is 28.5 Å². The molecule has 3 nitrogen and oxygen atoms in total. The fraction of sp³-hybridized carbons (Fsp3) is 0. The van der Waals surface area contributed by atoms with Crippen molar-refractivity contribution in [3.05, 3.63) is 23.8 Å². The molecule has 0 bridgehead atoms. The Morgan fingerprint density at radius 2 is 2.09 bits per heavy atom. The summed E-state index contributed by atoms with van der Waals surface area (Å²) in [4.78, 5) is 0. The molecule has 0 N–H and O–H groups in total. The van der Waals surface area contributed by atoms with Gasteiger partial charge in [-0.15, -0.1) is 6.42 Å². The summed E-state index contributed by atoms with van der Waals surface area (Å²) in [6, 6.07) is 5.33. The Kier molecular flexibility index (Phi) is 1.13. The maximum Gasteiger partial charge on any atom is 0.136 e. The Hall–Kier alpha value is -1.82. The predicted octanol–water partition coefficient (Wildman–Crippen LogP) is 1.20. The molecule has 0 saturated heterocycles. The lowest BCUT2D eigenvalue weighted by molar-refractivity contribution is 0.315. The Bertz CT molecular complexity index is 425. The van der Waals surface area contributed by atoms with E-state index in [0.29, 0.717) is 5.52 Å². The van der Waals surface area contributed by atoms with E-state index in [2.05, 4.69) is 20.9 Å². The van der Waals surface area contributed by atoms with E-state index >= 15 is 0 Å². The van der Waals surface area contributed by atoms with Crippen LogP contribution in [0.3, 0.4) is 0 Å². The number of rotatable bonds is 0. The van der Waals surface area contributed by atoms with Gasteiger partial charge in [-0.2, -0.15) is 0 Å². The molecule has 0 aliphatic heterocycles. The average Bonchev–Trinajstić information content (AvgIpc) is 2.50. The van der Waals surface area contributed by atoms with Gasteiger partial charge in [0.25, 0.3) is 0 Å². The van der Waals surface area contributed by atoms with Gasteiger partial charge < -0.3 is 0 Å². The van der Waals surface area contributed by atoms with Crippen LogP contribution >= 0.6 is 0 Å². The zero-order valence-electron chi connectivity index (χ0n) is 5.61. The number of hydrogen-bond acceptors (Lipinski definition) is 3. The number of hydrogen-bond donors (Lipinski definition) is 0. The van der Waals surface area contributed by atoms with Gasteiger partial charge >= 0.3 is 0 Å². The number of nitrogens with zero attached hydrogens (tertiary/aromatic N) is 2. The maximum absolute atomic E-state index is 5.18. The molecule has 2 rings (SSSR count). The zero-order valence-corrected chi connectivity index (χ0v) is 5.61. The SMILES string of the molecule is C#Cc1ccc2nonc2c1. The van der Waals surface area contributed by atoms with Gasteiger partial charge in [-0.3, -0.25) is 0 Å². The summed E-state index contributed by atoms with van der Waals surface area (Å²) in [7, 11) is 0. The summed E-state index contributed by atoms with van der Waals surface area (Å²) in [5.74, 6) is 2.50. The van der Waals surface area contributed by atoms with Gasteiger partial charge in [0.2, 0.25) is 0 Å². The highest BCUT2D eigenvalue weighted by atomic mass is 16.6. The molecule has 0 saturated carbocycles. The second kappa shape index (κ2) is 2.10. The summed E-state index contributed by atoms with van der Waals surface area (Å²) in [6.45, 7) is 0. The van der Waals surface area contributed by atoms with E-state index in [0.717, 1.165) is 11.1 Å². The standard InChI is InChI=1S/C8H4N2O/c1-2-6-3-4-7-8(5-6)10-11-9-7/h1,3-5H. The minimum Gasteiger partial charge on any atom is -0.243 e. The van der Waals surface area contributed by atoms with E-state index in [9.17, 15) is 0 Å². The Morgan fingerprint density at radius 3 is 2.91 bits per heavy atom. The minimum absolute atomic E-state index is 0.695. The zero-order chi connectivity index (χ0) is 7.68. The number of aromatic nitrogens is 2. The fourth-order valence-electron chi connectivity index (χ4n) is 0.872. The van der Waals surface area contributed by atoms with Crippen LogP contribution in [0.5, 0.6) is 0 Å². The first kappa shape index (κ1) is 5.93. The lowest BCUT2D eigenvalue weighted by Gasteiger charge is -1.85. The van der Waals surface area contributed by atoms with Crippen molar-refractivity contribution >= 4 is 11.0 Å². The van der Waals surface area contributed by atoms with Crippen LogP contribution in [0.4, 0.5) is 0 Å². The van der Waals surface area contributed by atoms with E-state index in [1.54, 1.807) is 18.2 Å². The van der Waals surface area contributed by atoms with Crippen molar-refractivity contribution in [2.45, 2.75) is 0 Å². The molecule has 1 aromatic carbocycles. The van der Waals surface area contributed by atoms with Crippen LogP contribution in [-0.2, 0) is 0 Å². The number of terminal acetylenes is 1. The summed E-state index contributed by atoms with van der Waals surface area (Å²) in [5, 5.41) is 7.29. The predicted molar refractivity (Wildman–Crippen MR) is 39.7 cm³/mol. The Balaban J connectivity index is 2.79. The molecular weight excluding hydrogens is 140 g/mol. The van der Waals surface area contributed by atoms with Crippen molar-refractivity contribution in [2.24, 2.45) is 0 Å². The quantitative estimate of drug-likeness (QED) is 0.521. The van der Waals surface area contributed by atoms with Gasteiger partial charge in [-0.1, -0.05) is 5.92 Å². The van der Waals surface area contributed by atoms with Crippen LogP contribution in [-0.4, -0.2) is 10.3 Å². The highest BCUT2D eigenvalue weighted by molar-refractivity contribution is 5.74. The molecule has 0 unspecified atom stereocenters. The normalized spacial score (nSPS) is 9.73. The molecule has 0 aliphatic rings. The minimum atomic E-state index is 0.695. The fourth-order valence-corrected chi connectivity index (χ4v) is 0.872. The molecule has 0 amide bonds. The molecule has 0 aliphatic carbocycles. The van der Waals surface area contributed by atoms with Crippen LogP contribution in [0.25, 0.3) is 11.0 Å². The molecule has 1 aromatic heterocycles. The number of fused-ring (bicyclic) bond motifs is 1. The molecule has 52 valence electrons. The van der Waals surface area contributed by atoms with Crippen molar-refractivity contribution in [2.75, 3.05) is 0 Å². The second-order valence-electron chi connectivity index (χ2n) is 2.11. The second-order valence-corrected chi connectivity index (χ2v) is 2.11. The molecule has 3 heteroatoms. The third-order valence-electron chi connectivity index (χ3n) is 1.42. The molecule has 2 aromatic rings. The highest BCUT2D eigenvalue weighted by Gasteiger charge is 1.98. The van der Waals surface area contributed by atoms with Crippen LogP contribution in [0.1, 0.15) is 5.56 Å². The van der Waals surface area contributed by atoms with E-state index < -0.39 is 0 Å². The van der Waals surface area contributed by atoms with E-state index in [4.69, 9.17) is 6.42 Å². The monoisotopic (exact) mass is 144 g/mol. The molecular formula is C8H4N2O. The van der Waals surface area contributed by atoms with E-state index in [1.807, 2.05) is 0 Å². The van der Waals surface area contributed by atoms with Crippen LogP contribution in [0, 0.1) is 12.3 Å². The third kappa shape index (κ3) is 0.849. The molecule has 11 heavy (non-hydrogen) atoms. The topological polar surface area (TPSA) is 38.9 Å². The van der Waals surface area contributed by atoms with Crippen LogP contribution < -0.4 is 0 Å². The summed E-state index contributed by atoms with van der Waals surface area (Å²) < 4.78 is 4.50. The van der Waals surface area contributed by atoms with Crippen molar-refractivity contribution in [1.82, 2.24) is 10.3 Å². The summed E-state index contributed by atoms with van der Waals surface area (Å²) in [5.41, 5.74) is 2.21. The third-order valence-corrected chi connectivity index (χ3v) is 1.42. The van der Waals surface area contributed by atoms with Gasteiger partial charge in [0.05, 0.1) is 0 Å². The van der Waals surface area contributed by atoms with Crippen molar-refractivity contribution in [3.63, 3.8) is 0 Å². The largest absolute Gasteiger partial charge is 0.243 e. The van der Waals surface area contributed by atoms with Gasteiger partial charge in [0.15, 0.2) is 0 Å².